The average molecular weight is 270 g/mol. The summed E-state index contributed by atoms with van der Waals surface area (Å²) in [5, 5.41) is 3.07. The number of halogens is 2. The van der Waals surface area contributed by atoms with Crippen molar-refractivity contribution >= 4 is 0 Å². The molecule has 0 bridgehead atoms. The second-order valence-electron chi connectivity index (χ2n) is 4.89. The van der Waals surface area contributed by atoms with Gasteiger partial charge in [0, 0.05) is 24.2 Å². The summed E-state index contributed by atoms with van der Waals surface area (Å²) >= 11 is 0. The van der Waals surface area contributed by atoms with Crippen molar-refractivity contribution in [3.8, 4) is 0 Å². The maximum absolute atomic E-state index is 13.8. The van der Waals surface area contributed by atoms with Crippen molar-refractivity contribution in [2.24, 2.45) is 0 Å². The predicted molar refractivity (Wildman–Crippen MR) is 75.2 cm³/mol. The lowest BCUT2D eigenvalue weighted by Gasteiger charge is -2.30. The normalized spacial score (nSPS) is 13.3. The molecule has 0 saturated heterocycles. The molecule has 1 atom stereocenters. The first-order valence-electron chi connectivity index (χ1n) is 6.86. The SMILES string of the molecule is CCC(CC)N(C)CC(NC)c1cccc(F)c1F. The van der Waals surface area contributed by atoms with Crippen LogP contribution in [0.3, 0.4) is 0 Å². The molecule has 0 saturated carbocycles. The maximum atomic E-state index is 13.8. The molecule has 0 spiro atoms. The molecule has 0 aliphatic rings. The number of rotatable bonds is 7. The maximum Gasteiger partial charge on any atom is 0.163 e. The van der Waals surface area contributed by atoms with Crippen LogP contribution in [0, 0.1) is 11.6 Å². The first-order chi connectivity index (χ1) is 9.04. The Kier molecular flexibility index (Phi) is 6.38. The highest BCUT2D eigenvalue weighted by Crippen LogP contribution is 2.21. The molecule has 1 aromatic rings. The van der Waals surface area contributed by atoms with Crippen molar-refractivity contribution in [1.29, 1.82) is 0 Å². The number of benzene rings is 1. The molecule has 0 aliphatic carbocycles. The van der Waals surface area contributed by atoms with Gasteiger partial charge in [-0.15, -0.1) is 0 Å². The van der Waals surface area contributed by atoms with Crippen LogP contribution >= 0.6 is 0 Å². The summed E-state index contributed by atoms with van der Waals surface area (Å²) in [6, 6.07) is 4.60. The van der Waals surface area contributed by atoms with Gasteiger partial charge in [-0.05, 0) is 33.0 Å². The number of hydrogen-bond donors (Lipinski definition) is 1. The molecule has 0 heterocycles. The molecule has 0 amide bonds. The van der Waals surface area contributed by atoms with Crippen LogP contribution in [0.4, 0.5) is 8.78 Å². The molecule has 1 aromatic carbocycles. The molecule has 0 fully saturated rings. The lowest BCUT2D eigenvalue weighted by atomic mass is 10.0. The monoisotopic (exact) mass is 270 g/mol. The summed E-state index contributed by atoms with van der Waals surface area (Å²) in [4.78, 5) is 2.20. The van der Waals surface area contributed by atoms with Gasteiger partial charge >= 0.3 is 0 Å². The topological polar surface area (TPSA) is 15.3 Å². The van der Waals surface area contributed by atoms with E-state index in [4.69, 9.17) is 0 Å². The van der Waals surface area contributed by atoms with Crippen LogP contribution in [0.15, 0.2) is 18.2 Å². The molecular weight excluding hydrogens is 246 g/mol. The van der Waals surface area contributed by atoms with Gasteiger partial charge < -0.3 is 10.2 Å². The molecule has 2 nitrogen and oxygen atoms in total. The fraction of sp³-hybridized carbons (Fsp3) is 0.600. The van der Waals surface area contributed by atoms with Crippen LogP contribution in [-0.4, -0.2) is 31.6 Å². The Morgan fingerprint density at radius 2 is 1.84 bits per heavy atom. The zero-order valence-electron chi connectivity index (χ0n) is 12.2. The summed E-state index contributed by atoms with van der Waals surface area (Å²) in [6.45, 7) is 4.94. The minimum atomic E-state index is -0.789. The van der Waals surface area contributed by atoms with E-state index < -0.39 is 11.6 Å². The van der Waals surface area contributed by atoms with Crippen molar-refractivity contribution in [2.75, 3.05) is 20.6 Å². The standard InChI is InChI=1S/C15H24F2N2/c1-5-11(6-2)19(4)10-14(18-3)12-8-7-9-13(16)15(12)17/h7-9,11,14,18H,5-6,10H2,1-4H3. The van der Waals surface area contributed by atoms with E-state index >= 15 is 0 Å². The number of hydrogen-bond acceptors (Lipinski definition) is 2. The Labute approximate surface area is 114 Å². The third-order valence-electron chi connectivity index (χ3n) is 3.74. The van der Waals surface area contributed by atoms with Gasteiger partial charge in [0.05, 0.1) is 0 Å². The molecule has 0 aliphatic heterocycles. The van der Waals surface area contributed by atoms with Crippen LogP contribution in [0.2, 0.25) is 0 Å². The van der Waals surface area contributed by atoms with E-state index in [2.05, 4.69) is 24.1 Å². The number of nitrogens with one attached hydrogen (secondary N) is 1. The molecule has 1 rings (SSSR count). The highest BCUT2D eigenvalue weighted by molar-refractivity contribution is 5.22. The minimum absolute atomic E-state index is 0.207. The van der Waals surface area contributed by atoms with Gasteiger partial charge in [0.15, 0.2) is 11.6 Å². The van der Waals surface area contributed by atoms with Gasteiger partial charge in [-0.1, -0.05) is 26.0 Å². The molecule has 1 N–H and O–H groups in total. The van der Waals surface area contributed by atoms with E-state index in [0.29, 0.717) is 18.2 Å². The second kappa shape index (κ2) is 7.56. The first kappa shape index (κ1) is 16.1. The fourth-order valence-corrected chi connectivity index (χ4v) is 2.48. The molecule has 0 radical (unpaired) electrons. The quantitative estimate of drug-likeness (QED) is 0.817. The van der Waals surface area contributed by atoms with Gasteiger partial charge in [0.1, 0.15) is 0 Å². The lowest BCUT2D eigenvalue weighted by molar-refractivity contribution is 0.207. The van der Waals surface area contributed by atoms with E-state index in [1.54, 1.807) is 19.2 Å². The van der Waals surface area contributed by atoms with Crippen molar-refractivity contribution in [1.82, 2.24) is 10.2 Å². The van der Waals surface area contributed by atoms with Gasteiger partial charge in [0.25, 0.3) is 0 Å². The second-order valence-corrected chi connectivity index (χ2v) is 4.89. The van der Waals surface area contributed by atoms with Crippen molar-refractivity contribution in [2.45, 2.75) is 38.8 Å². The summed E-state index contributed by atoms with van der Waals surface area (Å²) < 4.78 is 27.1. The zero-order chi connectivity index (χ0) is 14.4. The van der Waals surface area contributed by atoms with E-state index in [-0.39, 0.29) is 6.04 Å². The summed E-state index contributed by atoms with van der Waals surface area (Å²) in [5.41, 5.74) is 0.389. The number of likely N-dealkylation sites (N-methyl/N-ethyl adjacent to an activating group) is 2. The van der Waals surface area contributed by atoms with Crippen LogP contribution in [-0.2, 0) is 0 Å². The van der Waals surface area contributed by atoms with Crippen LogP contribution in [0.25, 0.3) is 0 Å². The van der Waals surface area contributed by atoms with Crippen LogP contribution in [0.5, 0.6) is 0 Å². The van der Waals surface area contributed by atoms with E-state index in [0.717, 1.165) is 18.9 Å². The van der Waals surface area contributed by atoms with Gasteiger partial charge in [-0.25, -0.2) is 8.78 Å². The van der Waals surface area contributed by atoms with E-state index in [9.17, 15) is 8.78 Å². The molecule has 19 heavy (non-hydrogen) atoms. The van der Waals surface area contributed by atoms with E-state index in [1.165, 1.54) is 0 Å². The molecule has 4 heteroatoms. The number of nitrogens with zero attached hydrogens (tertiary/aromatic N) is 1. The summed E-state index contributed by atoms with van der Waals surface area (Å²) in [7, 11) is 3.80. The van der Waals surface area contributed by atoms with E-state index in [1.807, 2.05) is 7.05 Å². The Hall–Kier alpha value is -1.00. The first-order valence-corrected chi connectivity index (χ1v) is 6.86. The third-order valence-corrected chi connectivity index (χ3v) is 3.74. The molecule has 0 aromatic heterocycles. The highest BCUT2D eigenvalue weighted by Gasteiger charge is 2.20. The summed E-state index contributed by atoms with van der Waals surface area (Å²) in [6.07, 6.45) is 2.10. The Morgan fingerprint density at radius 3 is 2.37 bits per heavy atom. The Bertz CT molecular complexity index is 392. The summed E-state index contributed by atoms with van der Waals surface area (Å²) in [5.74, 6) is -1.54. The lowest BCUT2D eigenvalue weighted by Crippen LogP contribution is -2.38. The molecule has 108 valence electrons. The fourth-order valence-electron chi connectivity index (χ4n) is 2.48. The van der Waals surface area contributed by atoms with Gasteiger partial charge in [-0.2, -0.15) is 0 Å². The average Bonchev–Trinajstić information content (AvgIpc) is 2.41. The van der Waals surface area contributed by atoms with Crippen molar-refractivity contribution in [3.63, 3.8) is 0 Å². The smallest absolute Gasteiger partial charge is 0.163 e. The highest BCUT2D eigenvalue weighted by atomic mass is 19.2. The van der Waals surface area contributed by atoms with Gasteiger partial charge in [-0.3, -0.25) is 0 Å². The zero-order valence-corrected chi connectivity index (χ0v) is 12.2. The largest absolute Gasteiger partial charge is 0.312 e. The van der Waals surface area contributed by atoms with Crippen molar-refractivity contribution in [3.05, 3.63) is 35.4 Å². The van der Waals surface area contributed by atoms with Crippen molar-refractivity contribution < 1.29 is 8.78 Å². The minimum Gasteiger partial charge on any atom is -0.312 e. The van der Waals surface area contributed by atoms with Gasteiger partial charge in [0.2, 0.25) is 0 Å². The van der Waals surface area contributed by atoms with Crippen LogP contribution < -0.4 is 5.32 Å². The Morgan fingerprint density at radius 1 is 1.21 bits per heavy atom. The predicted octanol–water partition coefficient (Wildman–Crippen LogP) is 3.35. The molecular formula is C15H24F2N2. The molecule has 1 unspecified atom stereocenters. The third kappa shape index (κ3) is 3.98. The Balaban J connectivity index is 2.86. The van der Waals surface area contributed by atoms with Crippen LogP contribution in [0.1, 0.15) is 38.3 Å².